The van der Waals surface area contributed by atoms with Crippen LogP contribution in [0.4, 0.5) is 5.82 Å². The molecule has 0 atom stereocenters. The lowest BCUT2D eigenvalue weighted by Gasteiger charge is -2.06. The zero-order valence-electron chi connectivity index (χ0n) is 9.39. The predicted octanol–water partition coefficient (Wildman–Crippen LogP) is 2.34. The zero-order chi connectivity index (χ0) is 11.8. The maximum Gasteiger partial charge on any atom is 0.159 e. The number of hydrogen-bond acceptors (Lipinski definition) is 4. The minimum atomic E-state index is 0.529. The number of hydrogen-bond donors (Lipinski definition) is 1. The van der Waals surface area contributed by atoms with E-state index in [2.05, 4.69) is 36.3 Å². The first-order valence-corrected chi connectivity index (χ1v) is 6.33. The lowest BCUT2D eigenvalue weighted by molar-refractivity contribution is 0.811. The van der Waals surface area contributed by atoms with E-state index in [0.717, 1.165) is 21.9 Å². The minimum Gasteiger partial charge on any atom is -0.373 e. The molecular formula is C11H12BrN5. The summed E-state index contributed by atoms with van der Waals surface area (Å²) in [6, 6.07) is 1.89. The number of rotatable bonds is 3. The van der Waals surface area contributed by atoms with Gasteiger partial charge >= 0.3 is 0 Å². The molecule has 1 N–H and O–H groups in total. The van der Waals surface area contributed by atoms with Gasteiger partial charge in [0.2, 0.25) is 0 Å². The second-order valence-corrected chi connectivity index (χ2v) is 5.01. The molecule has 0 aromatic carbocycles. The van der Waals surface area contributed by atoms with Gasteiger partial charge in [-0.15, -0.1) is 0 Å². The third-order valence-electron chi connectivity index (χ3n) is 2.71. The van der Waals surface area contributed by atoms with Gasteiger partial charge in [-0.2, -0.15) is 5.10 Å². The summed E-state index contributed by atoms with van der Waals surface area (Å²) in [6.45, 7) is 0. The van der Waals surface area contributed by atoms with Crippen molar-refractivity contribution in [3.05, 3.63) is 28.8 Å². The number of halogens is 1. The maximum absolute atomic E-state index is 4.56. The zero-order valence-corrected chi connectivity index (χ0v) is 11.0. The van der Waals surface area contributed by atoms with Gasteiger partial charge in [0.25, 0.3) is 0 Å². The van der Waals surface area contributed by atoms with Gasteiger partial charge < -0.3 is 5.32 Å². The van der Waals surface area contributed by atoms with Crippen molar-refractivity contribution in [1.82, 2.24) is 19.7 Å². The Balaban J connectivity index is 2.05. The molecule has 88 valence electrons. The lowest BCUT2D eigenvalue weighted by atomic mass is 10.4. The molecule has 0 aliphatic heterocycles. The van der Waals surface area contributed by atoms with Gasteiger partial charge in [0.1, 0.15) is 11.6 Å². The molecule has 0 bridgehead atoms. The average Bonchev–Trinajstić information content (AvgIpc) is 3.11. The fourth-order valence-electron chi connectivity index (χ4n) is 1.65. The molecular weight excluding hydrogens is 282 g/mol. The molecule has 1 aliphatic rings. The van der Waals surface area contributed by atoms with Crippen LogP contribution in [0.3, 0.4) is 0 Å². The highest BCUT2D eigenvalue weighted by atomic mass is 79.9. The standard InChI is InChI=1S/C11H12BrN5/c1-13-9-4-10(17-6-8(12)5-14-17)16-11(15-9)7-2-3-7/h4-7H,2-3H2,1H3,(H,13,15,16). The molecule has 17 heavy (non-hydrogen) atoms. The van der Waals surface area contributed by atoms with Crippen LogP contribution in [0.5, 0.6) is 0 Å². The normalized spacial score (nSPS) is 14.9. The molecule has 0 unspecified atom stereocenters. The van der Waals surface area contributed by atoms with Gasteiger partial charge in [-0.05, 0) is 28.8 Å². The van der Waals surface area contributed by atoms with Gasteiger partial charge in [0.05, 0.1) is 10.7 Å². The van der Waals surface area contributed by atoms with Crippen LogP contribution >= 0.6 is 15.9 Å². The number of nitrogens with one attached hydrogen (secondary N) is 1. The van der Waals surface area contributed by atoms with Crippen LogP contribution in [0.2, 0.25) is 0 Å². The molecule has 1 fully saturated rings. The van der Waals surface area contributed by atoms with Gasteiger partial charge in [0.15, 0.2) is 5.82 Å². The minimum absolute atomic E-state index is 0.529. The maximum atomic E-state index is 4.56. The molecule has 1 aliphatic carbocycles. The Labute approximate surface area is 107 Å². The lowest BCUT2D eigenvalue weighted by Crippen LogP contribution is -2.05. The molecule has 5 nitrogen and oxygen atoms in total. The van der Waals surface area contributed by atoms with E-state index < -0.39 is 0 Å². The molecule has 6 heteroatoms. The van der Waals surface area contributed by atoms with E-state index in [9.17, 15) is 0 Å². The molecule has 0 amide bonds. The fraction of sp³-hybridized carbons (Fsp3) is 0.364. The predicted molar refractivity (Wildman–Crippen MR) is 68.4 cm³/mol. The Morgan fingerprint density at radius 3 is 2.82 bits per heavy atom. The van der Waals surface area contributed by atoms with Crippen molar-refractivity contribution in [3.63, 3.8) is 0 Å². The third kappa shape index (κ3) is 2.17. The second-order valence-electron chi connectivity index (χ2n) is 4.10. The van der Waals surface area contributed by atoms with E-state index in [-0.39, 0.29) is 0 Å². The van der Waals surface area contributed by atoms with Crippen molar-refractivity contribution in [2.75, 3.05) is 12.4 Å². The largest absolute Gasteiger partial charge is 0.373 e. The van der Waals surface area contributed by atoms with Crippen molar-refractivity contribution in [2.45, 2.75) is 18.8 Å². The summed E-state index contributed by atoms with van der Waals surface area (Å²) in [5.74, 6) is 3.08. The number of aromatic nitrogens is 4. The van der Waals surface area contributed by atoms with E-state index in [1.165, 1.54) is 12.8 Å². The quantitative estimate of drug-likeness (QED) is 0.944. The van der Waals surface area contributed by atoms with Gasteiger partial charge in [-0.1, -0.05) is 0 Å². The van der Waals surface area contributed by atoms with E-state index >= 15 is 0 Å². The molecule has 2 aromatic heterocycles. The van der Waals surface area contributed by atoms with E-state index in [1.807, 2.05) is 19.3 Å². The summed E-state index contributed by atoms with van der Waals surface area (Å²) < 4.78 is 2.69. The highest BCUT2D eigenvalue weighted by Crippen LogP contribution is 2.38. The molecule has 0 saturated heterocycles. The van der Waals surface area contributed by atoms with Crippen molar-refractivity contribution in [1.29, 1.82) is 0 Å². The van der Waals surface area contributed by atoms with Crippen LogP contribution in [0.15, 0.2) is 22.9 Å². The Morgan fingerprint density at radius 1 is 1.41 bits per heavy atom. The first-order chi connectivity index (χ1) is 8.26. The Bertz CT molecular complexity index is 547. The summed E-state index contributed by atoms with van der Waals surface area (Å²) in [5.41, 5.74) is 0. The molecule has 2 heterocycles. The topological polar surface area (TPSA) is 55.6 Å². The second kappa shape index (κ2) is 4.10. The van der Waals surface area contributed by atoms with Crippen LogP contribution in [0.25, 0.3) is 5.82 Å². The van der Waals surface area contributed by atoms with E-state index in [1.54, 1.807) is 10.9 Å². The molecule has 0 radical (unpaired) electrons. The van der Waals surface area contributed by atoms with Crippen LogP contribution < -0.4 is 5.32 Å². The molecule has 3 rings (SSSR count). The van der Waals surface area contributed by atoms with Gasteiger partial charge in [0, 0.05) is 25.2 Å². The summed E-state index contributed by atoms with van der Waals surface area (Å²) >= 11 is 3.38. The summed E-state index contributed by atoms with van der Waals surface area (Å²) in [7, 11) is 1.86. The van der Waals surface area contributed by atoms with Crippen LogP contribution in [0, 0.1) is 0 Å². The Kier molecular flexibility index (Phi) is 2.58. The van der Waals surface area contributed by atoms with Gasteiger partial charge in [-0.3, -0.25) is 0 Å². The van der Waals surface area contributed by atoms with Crippen molar-refractivity contribution < 1.29 is 0 Å². The number of anilines is 1. The highest BCUT2D eigenvalue weighted by Gasteiger charge is 2.27. The van der Waals surface area contributed by atoms with Crippen LogP contribution in [-0.4, -0.2) is 26.8 Å². The van der Waals surface area contributed by atoms with E-state index in [4.69, 9.17) is 0 Å². The summed E-state index contributed by atoms with van der Waals surface area (Å²) in [4.78, 5) is 9.03. The number of nitrogens with zero attached hydrogens (tertiary/aromatic N) is 4. The first-order valence-electron chi connectivity index (χ1n) is 5.53. The Morgan fingerprint density at radius 2 is 2.24 bits per heavy atom. The van der Waals surface area contributed by atoms with Gasteiger partial charge in [-0.25, -0.2) is 14.6 Å². The highest BCUT2D eigenvalue weighted by molar-refractivity contribution is 9.10. The van der Waals surface area contributed by atoms with Crippen LogP contribution in [0.1, 0.15) is 24.6 Å². The molecule has 0 spiro atoms. The summed E-state index contributed by atoms with van der Waals surface area (Å²) in [6.07, 6.45) is 6.02. The molecule has 2 aromatic rings. The van der Waals surface area contributed by atoms with Crippen molar-refractivity contribution >= 4 is 21.7 Å². The average molecular weight is 294 g/mol. The SMILES string of the molecule is CNc1cc(-n2cc(Br)cn2)nc(C2CC2)n1. The Hall–Kier alpha value is -1.43. The third-order valence-corrected chi connectivity index (χ3v) is 3.12. The first kappa shape index (κ1) is 10.7. The summed E-state index contributed by atoms with van der Waals surface area (Å²) in [5, 5.41) is 7.30. The van der Waals surface area contributed by atoms with Crippen LogP contribution in [-0.2, 0) is 0 Å². The fourth-order valence-corrected chi connectivity index (χ4v) is 1.93. The monoisotopic (exact) mass is 293 g/mol. The molecule has 1 saturated carbocycles. The smallest absolute Gasteiger partial charge is 0.159 e. The van der Waals surface area contributed by atoms with Crippen molar-refractivity contribution in [2.24, 2.45) is 0 Å². The van der Waals surface area contributed by atoms with E-state index in [0.29, 0.717) is 5.92 Å². The van der Waals surface area contributed by atoms with Crippen molar-refractivity contribution in [3.8, 4) is 5.82 Å².